The second-order valence-electron chi connectivity index (χ2n) is 5.34. The van der Waals surface area contributed by atoms with Crippen LogP contribution in [0.2, 0.25) is 0 Å². The van der Waals surface area contributed by atoms with Gasteiger partial charge < -0.3 is 15.2 Å². The summed E-state index contributed by atoms with van der Waals surface area (Å²) >= 11 is 0. The van der Waals surface area contributed by atoms with Crippen LogP contribution in [0, 0.1) is 5.92 Å². The first kappa shape index (κ1) is 15.0. The van der Waals surface area contributed by atoms with Crippen molar-refractivity contribution in [1.29, 1.82) is 0 Å². The van der Waals surface area contributed by atoms with Gasteiger partial charge in [-0.15, -0.1) is 0 Å². The fourth-order valence-corrected chi connectivity index (χ4v) is 2.70. The van der Waals surface area contributed by atoms with Crippen molar-refractivity contribution >= 4 is 5.91 Å². The molecule has 0 aliphatic carbocycles. The van der Waals surface area contributed by atoms with Crippen LogP contribution < -0.4 is 5.32 Å². The van der Waals surface area contributed by atoms with Crippen molar-refractivity contribution in [2.75, 3.05) is 19.8 Å². The first-order valence-electron chi connectivity index (χ1n) is 7.27. The summed E-state index contributed by atoms with van der Waals surface area (Å²) in [6.07, 6.45) is 1.45. The Morgan fingerprint density at radius 3 is 2.80 bits per heavy atom. The number of aliphatic hydroxyl groups is 1. The third-order valence-electron chi connectivity index (χ3n) is 3.98. The highest BCUT2D eigenvalue weighted by atomic mass is 16.5. The van der Waals surface area contributed by atoms with Crippen molar-refractivity contribution in [2.24, 2.45) is 5.92 Å². The molecule has 4 nitrogen and oxygen atoms in total. The van der Waals surface area contributed by atoms with Crippen LogP contribution in [0.25, 0.3) is 0 Å². The number of nitrogens with one attached hydrogen (secondary N) is 1. The van der Waals surface area contributed by atoms with E-state index >= 15 is 0 Å². The van der Waals surface area contributed by atoms with Gasteiger partial charge in [0.25, 0.3) is 0 Å². The summed E-state index contributed by atoms with van der Waals surface area (Å²) in [6.45, 7) is 3.29. The number of ether oxygens (including phenoxy) is 1. The number of rotatable bonds is 6. The number of carbonyl (C=O) groups is 1. The van der Waals surface area contributed by atoms with Crippen LogP contribution in [0.5, 0.6) is 0 Å². The average molecular weight is 277 g/mol. The molecule has 1 amide bonds. The molecule has 0 saturated carbocycles. The van der Waals surface area contributed by atoms with E-state index in [-0.39, 0.29) is 30.5 Å². The van der Waals surface area contributed by atoms with Gasteiger partial charge in [-0.1, -0.05) is 30.3 Å². The second kappa shape index (κ2) is 7.41. The van der Waals surface area contributed by atoms with E-state index in [9.17, 15) is 9.90 Å². The summed E-state index contributed by atoms with van der Waals surface area (Å²) in [4.78, 5) is 12.1. The Hall–Kier alpha value is -1.39. The van der Waals surface area contributed by atoms with Gasteiger partial charge in [-0.05, 0) is 25.3 Å². The molecule has 3 atom stereocenters. The molecule has 1 heterocycles. The predicted molar refractivity (Wildman–Crippen MR) is 77.4 cm³/mol. The minimum absolute atomic E-state index is 0.00279. The fourth-order valence-electron chi connectivity index (χ4n) is 2.70. The quantitative estimate of drug-likeness (QED) is 0.832. The van der Waals surface area contributed by atoms with Gasteiger partial charge in [0.1, 0.15) is 0 Å². The zero-order valence-corrected chi connectivity index (χ0v) is 11.9. The predicted octanol–water partition coefficient (Wildman–Crippen LogP) is 1.69. The van der Waals surface area contributed by atoms with Crippen LogP contribution >= 0.6 is 0 Å². The van der Waals surface area contributed by atoms with E-state index in [1.54, 1.807) is 0 Å². The monoisotopic (exact) mass is 277 g/mol. The van der Waals surface area contributed by atoms with E-state index in [0.717, 1.165) is 12.0 Å². The van der Waals surface area contributed by atoms with Crippen molar-refractivity contribution in [2.45, 2.75) is 31.8 Å². The minimum atomic E-state index is -0.0412. The molecule has 2 rings (SSSR count). The molecule has 1 fully saturated rings. The van der Waals surface area contributed by atoms with Crippen LogP contribution in [0.4, 0.5) is 0 Å². The van der Waals surface area contributed by atoms with Crippen molar-refractivity contribution in [3.05, 3.63) is 35.9 Å². The summed E-state index contributed by atoms with van der Waals surface area (Å²) in [5.74, 6) is 0.178. The van der Waals surface area contributed by atoms with Crippen molar-refractivity contribution < 1.29 is 14.6 Å². The van der Waals surface area contributed by atoms with Gasteiger partial charge >= 0.3 is 0 Å². The summed E-state index contributed by atoms with van der Waals surface area (Å²) < 4.78 is 5.42. The number of aliphatic hydroxyl groups excluding tert-OH is 1. The molecule has 0 radical (unpaired) electrons. The number of carbonyl (C=O) groups excluding carboxylic acids is 1. The van der Waals surface area contributed by atoms with Crippen LogP contribution in [-0.2, 0) is 9.53 Å². The second-order valence-corrected chi connectivity index (χ2v) is 5.34. The Morgan fingerprint density at radius 1 is 1.45 bits per heavy atom. The average Bonchev–Trinajstić information content (AvgIpc) is 2.90. The maximum absolute atomic E-state index is 12.1. The lowest BCUT2D eigenvalue weighted by Crippen LogP contribution is -2.36. The van der Waals surface area contributed by atoms with Gasteiger partial charge in [0, 0.05) is 25.7 Å². The van der Waals surface area contributed by atoms with Gasteiger partial charge in [0.2, 0.25) is 5.91 Å². The van der Waals surface area contributed by atoms with Crippen molar-refractivity contribution in [3.8, 4) is 0 Å². The zero-order chi connectivity index (χ0) is 14.4. The van der Waals surface area contributed by atoms with Gasteiger partial charge in [-0.2, -0.15) is 0 Å². The van der Waals surface area contributed by atoms with E-state index in [0.29, 0.717) is 19.6 Å². The number of hydrogen-bond donors (Lipinski definition) is 2. The van der Waals surface area contributed by atoms with E-state index in [1.165, 1.54) is 0 Å². The Balaban J connectivity index is 1.90. The smallest absolute Gasteiger partial charge is 0.225 e. The molecule has 1 saturated heterocycles. The Kier molecular flexibility index (Phi) is 5.56. The summed E-state index contributed by atoms with van der Waals surface area (Å²) in [5.41, 5.74) is 1.15. The molecule has 1 aliphatic rings. The van der Waals surface area contributed by atoms with E-state index < -0.39 is 0 Å². The van der Waals surface area contributed by atoms with E-state index in [2.05, 4.69) is 5.32 Å². The van der Waals surface area contributed by atoms with Gasteiger partial charge in [0.05, 0.1) is 12.0 Å². The molecule has 3 unspecified atom stereocenters. The van der Waals surface area contributed by atoms with Crippen LogP contribution in [0.3, 0.4) is 0 Å². The van der Waals surface area contributed by atoms with Crippen LogP contribution in [0.1, 0.15) is 31.2 Å². The zero-order valence-electron chi connectivity index (χ0n) is 11.9. The molecule has 2 N–H and O–H groups in total. The third-order valence-corrected chi connectivity index (χ3v) is 3.98. The molecule has 110 valence electrons. The largest absolute Gasteiger partial charge is 0.396 e. The SMILES string of the molecule is CC1OCCC1C(=O)NCC(CCO)c1ccccc1. The molecule has 0 spiro atoms. The lowest BCUT2D eigenvalue weighted by atomic mass is 9.95. The van der Waals surface area contributed by atoms with E-state index in [1.807, 2.05) is 37.3 Å². The lowest BCUT2D eigenvalue weighted by molar-refractivity contribution is -0.126. The summed E-state index contributed by atoms with van der Waals surface area (Å²) in [6, 6.07) is 10.0. The molecule has 1 aromatic carbocycles. The maximum Gasteiger partial charge on any atom is 0.225 e. The third kappa shape index (κ3) is 3.81. The minimum Gasteiger partial charge on any atom is -0.396 e. The number of benzene rings is 1. The van der Waals surface area contributed by atoms with Crippen molar-refractivity contribution in [3.63, 3.8) is 0 Å². The lowest BCUT2D eigenvalue weighted by Gasteiger charge is -2.19. The normalized spacial score (nSPS) is 23.5. The fraction of sp³-hybridized carbons (Fsp3) is 0.562. The number of amides is 1. The molecule has 20 heavy (non-hydrogen) atoms. The molecule has 1 aromatic rings. The first-order chi connectivity index (χ1) is 9.72. The molecular formula is C16H23NO3. The molecule has 1 aliphatic heterocycles. The summed E-state index contributed by atoms with van der Waals surface area (Å²) in [7, 11) is 0. The Morgan fingerprint density at radius 2 is 2.20 bits per heavy atom. The van der Waals surface area contributed by atoms with Gasteiger partial charge in [0.15, 0.2) is 0 Å². The highest BCUT2D eigenvalue weighted by Crippen LogP contribution is 2.22. The standard InChI is InChI=1S/C16H23NO3/c1-12-15(8-10-20-12)16(19)17-11-14(7-9-18)13-5-3-2-4-6-13/h2-6,12,14-15,18H,7-11H2,1H3,(H,17,19). The Bertz CT molecular complexity index is 421. The highest BCUT2D eigenvalue weighted by Gasteiger charge is 2.30. The van der Waals surface area contributed by atoms with E-state index in [4.69, 9.17) is 4.74 Å². The number of hydrogen-bond acceptors (Lipinski definition) is 3. The maximum atomic E-state index is 12.1. The van der Waals surface area contributed by atoms with Crippen LogP contribution in [0.15, 0.2) is 30.3 Å². The summed E-state index contributed by atoms with van der Waals surface area (Å²) in [5, 5.41) is 12.2. The molecule has 0 aromatic heterocycles. The van der Waals surface area contributed by atoms with Gasteiger partial charge in [-0.25, -0.2) is 0 Å². The highest BCUT2D eigenvalue weighted by molar-refractivity contribution is 5.79. The topological polar surface area (TPSA) is 58.6 Å². The Labute approximate surface area is 120 Å². The molecular weight excluding hydrogens is 254 g/mol. The molecule has 0 bridgehead atoms. The van der Waals surface area contributed by atoms with Gasteiger partial charge in [-0.3, -0.25) is 4.79 Å². The van der Waals surface area contributed by atoms with Crippen LogP contribution in [-0.4, -0.2) is 36.9 Å². The first-order valence-corrected chi connectivity index (χ1v) is 7.27. The molecule has 4 heteroatoms. The van der Waals surface area contributed by atoms with Crippen molar-refractivity contribution in [1.82, 2.24) is 5.32 Å².